The van der Waals surface area contributed by atoms with Crippen molar-refractivity contribution in [2.45, 2.75) is 60.8 Å². The summed E-state index contributed by atoms with van der Waals surface area (Å²) in [5.41, 5.74) is 9.55. The molecule has 0 amide bonds. The van der Waals surface area contributed by atoms with Crippen molar-refractivity contribution in [2.75, 3.05) is 0 Å². The van der Waals surface area contributed by atoms with Crippen LogP contribution in [0.15, 0.2) is 131 Å². The summed E-state index contributed by atoms with van der Waals surface area (Å²) in [6, 6.07) is 43.6. The van der Waals surface area contributed by atoms with Gasteiger partial charge in [0.15, 0.2) is 0 Å². The molecule has 0 saturated heterocycles. The third-order valence-corrected chi connectivity index (χ3v) is 9.53. The third-order valence-electron chi connectivity index (χ3n) is 7.29. The van der Waals surface area contributed by atoms with Gasteiger partial charge in [-0.15, -0.1) is 23.5 Å². The molecule has 242 valence electrons. The molecule has 0 aliphatic heterocycles. The van der Waals surface area contributed by atoms with E-state index in [9.17, 15) is 0 Å². The fourth-order valence-electron chi connectivity index (χ4n) is 4.93. The highest BCUT2D eigenvalue weighted by molar-refractivity contribution is 8.00. The van der Waals surface area contributed by atoms with Crippen molar-refractivity contribution in [2.24, 2.45) is 0 Å². The molecule has 0 unspecified atom stereocenters. The molecule has 0 N–H and O–H groups in total. The molecule has 0 aliphatic rings. The standard InChI is InChI=1S/C46H46S2/c1-45(2,3)47-43-31-27-41(28-32-43)25-23-39-19-15-37(16-20-39)13-11-35-7-9-36(10-8-35)12-14-38-17-21-40(22-18-38)24-26-42-29-33-44(34-30-42)48-46(4,5)6/h7-34H,1-6H3/b13-11+,14-12+,25-23+,26-24+. The minimum absolute atomic E-state index is 0.224. The van der Waals surface area contributed by atoms with E-state index >= 15 is 0 Å². The second-order valence-corrected chi connectivity index (χ2v) is 17.7. The summed E-state index contributed by atoms with van der Waals surface area (Å²) in [6.45, 7) is 13.5. The molecule has 0 spiro atoms. The molecule has 5 aromatic rings. The Morgan fingerprint density at radius 1 is 0.271 bits per heavy atom. The van der Waals surface area contributed by atoms with Crippen LogP contribution in [0.25, 0.3) is 48.6 Å². The van der Waals surface area contributed by atoms with E-state index in [0.29, 0.717) is 0 Å². The molecule has 0 radical (unpaired) electrons. The van der Waals surface area contributed by atoms with Crippen molar-refractivity contribution < 1.29 is 0 Å². The fourth-order valence-corrected chi connectivity index (χ4v) is 6.88. The van der Waals surface area contributed by atoms with Crippen LogP contribution in [0.5, 0.6) is 0 Å². The van der Waals surface area contributed by atoms with E-state index < -0.39 is 0 Å². The summed E-state index contributed by atoms with van der Waals surface area (Å²) >= 11 is 3.79. The third kappa shape index (κ3) is 12.1. The van der Waals surface area contributed by atoms with Gasteiger partial charge in [-0.2, -0.15) is 0 Å². The van der Waals surface area contributed by atoms with Gasteiger partial charge in [-0.1, -0.05) is 187 Å². The molecule has 0 heterocycles. The molecule has 0 atom stereocenters. The Morgan fingerprint density at radius 3 is 0.562 bits per heavy atom. The van der Waals surface area contributed by atoms with E-state index in [1.165, 1.54) is 54.3 Å². The van der Waals surface area contributed by atoms with Gasteiger partial charge in [0, 0.05) is 19.3 Å². The lowest BCUT2D eigenvalue weighted by Crippen LogP contribution is -2.06. The number of hydrogen-bond donors (Lipinski definition) is 0. The minimum atomic E-state index is 0.224. The molecule has 48 heavy (non-hydrogen) atoms. The summed E-state index contributed by atoms with van der Waals surface area (Å²) < 4.78 is 0.448. The number of thioether (sulfide) groups is 2. The Bertz CT molecular complexity index is 1710. The molecule has 0 aliphatic carbocycles. The monoisotopic (exact) mass is 662 g/mol. The lowest BCUT2D eigenvalue weighted by atomic mass is 10.1. The fraction of sp³-hybridized carbons (Fsp3) is 0.174. The van der Waals surface area contributed by atoms with Gasteiger partial charge in [0.2, 0.25) is 0 Å². The number of benzene rings is 5. The first-order chi connectivity index (χ1) is 23.0. The van der Waals surface area contributed by atoms with Crippen LogP contribution in [0.1, 0.15) is 86.1 Å². The first-order valence-corrected chi connectivity index (χ1v) is 18.2. The van der Waals surface area contributed by atoms with E-state index in [4.69, 9.17) is 0 Å². The summed E-state index contributed by atoms with van der Waals surface area (Å²) in [7, 11) is 0. The molecule has 0 nitrogen and oxygen atoms in total. The average molecular weight is 663 g/mol. The highest BCUT2D eigenvalue weighted by atomic mass is 32.2. The summed E-state index contributed by atoms with van der Waals surface area (Å²) in [5.74, 6) is 0. The normalized spacial score (nSPS) is 12.6. The lowest BCUT2D eigenvalue weighted by molar-refractivity contribution is 0.802. The highest BCUT2D eigenvalue weighted by Gasteiger charge is 2.12. The molecular formula is C46H46S2. The Morgan fingerprint density at radius 2 is 0.417 bits per heavy atom. The smallest absolute Gasteiger partial charge is 0.0122 e. The van der Waals surface area contributed by atoms with Gasteiger partial charge < -0.3 is 0 Å². The minimum Gasteiger partial charge on any atom is -0.120 e. The second-order valence-electron chi connectivity index (χ2n) is 13.9. The summed E-state index contributed by atoms with van der Waals surface area (Å²) in [6.07, 6.45) is 17.4. The molecule has 0 fully saturated rings. The van der Waals surface area contributed by atoms with E-state index in [0.717, 1.165) is 0 Å². The van der Waals surface area contributed by atoms with Crippen LogP contribution in [0.4, 0.5) is 0 Å². The van der Waals surface area contributed by atoms with Crippen molar-refractivity contribution in [1.29, 1.82) is 0 Å². The van der Waals surface area contributed by atoms with Crippen molar-refractivity contribution in [3.05, 3.63) is 166 Å². The lowest BCUT2D eigenvalue weighted by Gasteiger charge is -2.17. The quantitative estimate of drug-likeness (QED) is 0.108. The van der Waals surface area contributed by atoms with Crippen molar-refractivity contribution in [3.63, 3.8) is 0 Å². The van der Waals surface area contributed by atoms with Gasteiger partial charge in [-0.3, -0.25) is 0 Å². The number of rotatable bonds is 10. The van der Waals surface area contributed by atoms with Crippen molar-refractivity contribution in [1.82, 2.24) is 0 Å². The van der Waals surface area contributed by atoms with Crippen LogP contribution in [-0.2, 0) is 0 Å². The Labute approximate surface area is 297 Å². The largest absolute Gasteiger partial charge is 0.120 e. The van der Waals surface area contributed by atoms with Crippen molar-refractivity contribution >= 4 is 72.1 Å². The van der Waals surface area contributed by atoms with Gasteiger partial charge >= 0.3 is 0 Å². The van der Waals surface area contributed by atoms with Crippen LogP contribution >= 0.6 is 23.5 Å². The molecular weight excluding hydrogens is 617 g/mol. The molecule has 5 aromatic carbocycles. The van der Waals surface area contributed by atoms with E-state index in [-0.39, 0.29) is 9.49 Å². The predicted octanol–water partition coefficient (Wildman–Crippen LogP) is 14.1. The predicted molar refractivity (Wildman–Crippen MR) is 219 cm³/mol. The second kappa shape index (κ2) is 16.2. The summed E-state index contributed by atoms with van der Waals surface area (Å²) in [4.78, 5) is 2.61. The van der Waals surface area contributed by atoms with Crippen LogP contribution in [0, 0.1) is 0 Å². The Kier molecular flexibility index (Phi) is 11.9. The van der Waals surface area contributed by atoms with Gasteiger partial charge in [-0.05, 0) is 68.8 Å². The van der Waals surface area contributed by atoms with E-state index in [1.807, 2.05) is 23.5 Å². The molecule has 2 heteroatoms. The van der Waals surface area contributed by atoms with Crippen LogP contribution in [0.2, 0.25) is 0 Å². The summed E-state index contributed by atoms with van der Waals surface area (Å²) in [5, 5.41) is 0. The van der Waals surface area contributed by atoms with Crippen LogP contribution in [-0.4, -0.2) is 9.49 Å². The van der Waals surface area contributed by atoms with E-state index in [2.05, 4.69) is 211 Å². The van der Waals surface area contributed by atoms with Gasteiger partial charge in [0.05, 0.1) is 0 Å². The molecule has 5 rings (SSSR count). The van der Waals surface area contributed by atoms with Gasteiger partial charge in [-0.25, -0.2) is 0 Å². The maximum atomic E-state index is 2.24. The zero-order valence-corrected chi connectivity index (χ0v) is 30.6. The number of hydrogen-bond acceptors (Lipinski definition) is 2. The average Bonchev–Trinajstić information content (AvgIpc) is 3.06. The molecule has 0 saturated carbocycles. The highest BCUT2D eigenvalue weighted by Crippen LogP contribution is 2.33. The van der Waals surface area contributed by atoms with Crippen LogP contribution < -0.4 is 0 Å². The van der Waals surface area contributed by atoms with Crippen molar-refractivity contribution in [3.8, 4) is 0 Å². The zero-order chi connectivity index (χ0) is 34.0. The van der Waals surface area contributed by atoms with Crippen LogP contribution in [0.3, 0.4) is 0 Å². The SMILES string of the molecule is CC(C)(C)Sc1ccc(/C=C/c2ccc(/C=C/c3ccc(/C=C/c4ccc(/C=C/c5ccc(SC(C)(C)C)cc5)cc4)cc3)cc2)cc1. The first-order valence-electron chi connectivity index (χ1n) is 16.6. The van der Waals surface area contributed by atoms with Gasteiger partial charge in [0.25, 0.3) is 0 Å². The maximum Gasteiger partial charge on any atom is 0.0122 e. The molecule has 0 aromatic heterocycles. The van der Waals surface area contributed by atoms with E-state index in [1.54, 1.807) is 0 Å². The Hall–Kier alpha value is -4.24. The van der Waals surface area contributed by atoms with Gasteiger partial charge in [0.1, 0.15) is 0 Å². The Balaban J connectivity index is 1.10. The maximum absolute atomic E-state index is 2.24. The first kappa shape index (κ1) is 35.1. The molecule has 0 bridgehead atoms. The topological polar surface area (TPSA) is 0 Å². The zero-order valence-electron chi connectivity index (χ0n) is 29.0.